The van der Waals surface area contributed by atoms with Crippen molar-refractivity contribution in [3.05, 3.63) is 32.6 Å². The summed E-state index contributed by atoms with van der Waals surface area (Å²) >= 11 is 0. The van der Waals surface area contributed by atoms with Crippen molar-refractivity contribution in [1.82, 2.24) is 9.55 Å². The van der Waals surface area contributed by atoms with E-state index in [1.165, 1.54) is 10.8 Å². The van der Waals surface area contributed by atoms with Gasteiger partial charge in [0.1, 0.15) is 0 Å². The minimum Gasteiger partial charge on any atom is -0.396 e. The molecule has 1 aromatic heterocycles. The van der Waals surface area contributed by atoms with Gasteiger partial charge in [-0.2, -0.15) is 0 Å². The Morgan fingerprint density at radius 1 is 1.38 bits per heavy atom. The molecular formula is C14H20N2O5. The number of rotatable bonds is 3. The van der Waals surface area contributed by atoms with Gasteiger partial charge in [0, 0.05) is 17.2 Å². The summed E-state index contributed by atoms with van der Waals surface area (Å²) in [6.07, 6.45) is 1.90. The number of hydrogen-bond acceptors (Lipinski definition) is 5. The van der Waals surface area contributed by atoms with E-state index in [1.54, 1.807) is 6.92 Å². The average molecular weight is 296 g/mol. The predicted octanol–water partition coefficient (Wildman–Crippen LogP) is -1.24. The third kappa shape index (κ3) is 1.91. The van der Waals surface area contributed by atoms with Crippen LogP contribution in [0.25, 0.3) is 0 Å². The molecule has 4 atom stereocenters. The number of hydrogen-bond donors (Lipinski definition) is 4. The molecule has 4 N–H and O–H groups in total. The van der Waals surface area contributed by atoms with Gasteiger partial charge in [-0.25, -0.2) is 4.79 Å². The Kier molecular flexibility index (Phi) is 3.31. The van der Waals surface area contributed by atoms with E-state index in [1.807, 2.05) is 0 Å². The molecule has 0 aliphatic heterocycles. The normalized spacial score (nSPS) is 33.5. The molecule has 1 heterocycles. The number of fused-ring (bicyclic) bond motifs is 2. The lowest BCUT2D eigenvalue weighted by molar-refractivity contribution is -0.0658. The van der Waals surface area contributed by atoms with E-state index in [9.17, 15) is 24.9 Å². The first-order valence-electron chi connectivity index (χ1n) is 7.15. The van der Waals surface area contributed by atoms with E-state index >= 15 is 0 Å². The highest BCUT2D eigenvalue weighted by Crippen LogP contribution is 2.59. The maximum atomic E-state index is 12.0. The van der Waals surface area contributed by atoms with Crippen molar-refractivity contribution in [2.24, 2.45) is 17.3 Å². The molecule has 21 heavy (non-hydrogen) atoms. The molecule has 2 bridgehead atoms. The summed E-state index contributed by atoms with van der Waals surface area (Å²) in [6, 6.07) is -0.413. The van der Waals surface area contributed by atoms with Crippen molar-refractivity contribution in [2.75, 3.05) is 13.2 Å². The molecule has 0 amide bonds. The summed E-state index contributed by atoms with van der Waals surface area (Å²) in [4.78, 5) is 25.7. The molecule has 0 saturated heterocycles. The zero-order valence-corrected chi connectivity index (χ0v) is 11.8. The second-order valence-corrected chi connectivity index (χ2v) is 6.44. The quantitative estimate of drug-likeness (QED) is 0.557. The molecule has 2 saturated carbocycles. The van der Waals surface area contributed by atoms with E-state index in [-0.39, 0.29) is 25.0 Å². The molecule has 0 radical (unpaired) electrons. The van der Waals surface area contributed by atoms with Crippen LogP contribution in [0.2, 0.25) is 0 Å². The summed E-state index contributed by atoms with van der Waals surface area (Å²) < 4.78 is 1.39. The Morgan fingerprint density at radius 2 is 2.05 bits per heavy atom. The van der Waals surface area contributed by atoms with Crippen LogP contribution in [0.4, 0.5) is 0 Å². The highest BCUT2D eigenvalue weighted by molar-refractivity contribution is 5.12. The van der Waals surface area contributed by atoms with Crippen LogP contribution in [0, 0.1) is 24.2 Å². The Morgan fingerprint density at radius 3 is 2.62 bits per heavy atom. The van der Waals surface area contributed by atoms with Gasteiger partial charge in [0.15, 0.2) is 0 Å². The topological polar surface area (TPSA) is 116 Å². The number of aliphatic hydroxyl groups is 3. The van der Waals surface area contributed by atoms with Crippen LogP contribution in [0.5, 0.6) is 0 Å². The second kappa shape index (κ2) is 4.79. The standard InChI is InChI=1S/C14H20N2O5/c1-7-4-16(13(21)15-12(7)20)10-8-2-9(11(10)19)14(3-8,5-17)6-18/h4,8-11,17-19H,2-3,5-6H2,1H3,(H,15,20,21)/t8-,9-,10-,11+/m1/s1. The molecule has 0 spiro atoms. The first kappa shape index (κ1) is 14.5. The molecule has 0 unspecified atom stereocenters. The lowest BCUT2D eigenvalue weighted by Gasteiger charge is -2.41. The van der Waals surface area contributed by atoms with Crippen LogP contribution in [-0.4, -0.2) is 44.2 Å². The molecule has 2 fully saturated rings. The van der Waals surface area contributed by atoms with Crippen molar-refractivity contribution in [3.63, 3.8) is 0 Å². The maximum Gasteiger partial charge on any atom is 0.328 e. The molecule has 2 aliphatic rings. The van der Waals surface area contributed by atoms with Crippen molar-refractivity contribution in [2.45, 2.75) is 31.9 Å². The SMILES string of the molecule is Cc1cn([C@@H]2[C@@H]3C[C@H]([C@@H]2O)C(CO)(CO)C3)c(=O)[nH]c1=O. The molecule has 3 rings (SSSR count). The summed E-state index contributed by atoms with van der Waals surface area (Å²) in [6.45, 7) is 1.27. The van der Waals surface area contributed by atoms with E-state index < -0.39 is 28.8 Å². The fraction of sp³-hybridized carbons (Fsp3) is 0.714. The van der Waals surface area contributed by atoms with Gasteiger partial charge >= 0.3 is 5.69 Å². The minimum absolute atomic E-state index is 0.00676. The summed E-state index contributed by atoms with van der Waals surface area (Å²) in [5.41, 5.74) is -1.20. The Balaban J connectivity index is 2.00. The Hall–Kier alpha value is -1.44. The fourth-order valence-corrected chi connectivity index (χ4v) is 4.22. The molecule has 116 valence electrons. The van der Waals surface area contributed by atoms with E-state index in [0.29, 0.717) is 18.4 Å². The molecule has 1 aromatic rings. The van der Waals surface area contributed by atoms with Gasteiger partial charge in [0.25, 0.3) is 5.56 Å². The summed E-state index contributed by atoms with van der Waals surface area (Å²) in [5, 5.41) is 29.7. The van der Waals surface area contributed by atoms with Gasteiger partial charge in [0.2, 0.25) is 0 Å². The summed E-state index contributed by atoms with van der Waals surface area (Å²) in [7, 11) is 0. The third-order valence-electron chi connectivity index (χ3n) is 5.35. The molecule has 0 aromatic carbocycles. The largest absolute Gasteiger partial charge is 0.396 e. The van der Waals surface area contributed by atoms with Gasteiger partial charge in [-0.15, -0.1) is 0 Å². The Bertz CT molecular complexity index is 658. The number of nitrogens with one attached hydrogen (secondary N) is 1. The third-order valence-corrected chi connectivity index (χ3v) is 5.35. The van der Waals surface area contributed by atoms with Crippen LogP contribution >= 0.6 is 0 Å². The maximum absolute atomic E-state index is 12.0. The van der Waals surface area contributed by atoms with Gasteiger partial charge < -0.3 is 15.3 Å². The minimum atomic E-state index is -0.814. The van der Waals surface area contributed by atoms with Crippen LogP contribution in [-0.2, 0) is 0 Å². The van der Waals surface area contributed by atoms with Crippen molar-refractivity contribution < 1.29 is 15.3 Å². The van der Waals surface area contributed by atoms with Crippen molar-refractivity contribution >= 4 is 0 Å². The smallest absolute Gasteiger partial charge is 0.328 e. The Labute approximate surface area is 120 Å². The fourth-order valence-electron chi connectivity index (χ4n) is 4.22. The molecular weight excluding hydrogens is 276 g/mol. The lowest BCUT2D eigenvalue weighted by Crippen LogP contribution is -2.48. The van der Waals surface area contributed by atoms with E-state index in [0.717, 1.165) is 0 Å². The number of H-pyrrole nitrogens is 1. The zero-order valence-electron chi connectivity index (χ0n) is 11.8. The van der Waals surface area contributed by atoms with E-state index in [4.69, 9.17) is 0 Å². The first-order valence-corrected chi connectivity index (χ1v) is 7.15. The molecule has 2 aliphatic carbocycles. The van der Waals surface area contributed by atoms with Crippen molar-refractivity contribution in [1.29, 1.82) is 0 Å². The number of aromatic amines is 1. The van der Waals surface area contributed by atoms with Crippen molar-refractivity contribution in [3.8, 4) is 0 Å². The van der Waals surface area contributed by atoms with Gasteiger partial charge in [-0.3, -0.25) is 14.3 Å². The van der Waals surface area contributed by atoms with Gasteiger partial charge in [0.05, 0.1) is 25.4 Å². The second-order valence-electron chi connectivity index (χ2n) is 6.44. The van der Waals surface area contributed by atoms with E-state index in [2.05, 4.69) is 4.98 Å². The lowest BCUT2D eigenvalue weighted by atomic mass is 9.71. The van der Waals surface area contributed by atoms with Crippen LogP contribution in [0.15, 0.2) is 15.8 Å². The van der Waals surface area contributed by atoms with Crippen LogP contribution in [0.1, 0.15) is 24.4 Å². The first-order chi connectivity index (χ1) is 9.93. The average Bonchev–Trinajstić information content (AvgIpc) is 2.98. The highest BCUT2D eigenvalue weighted by Gasteiger charge is 2.60. The number of nitrogens with zero attached hydrogens (tertiary/aromatic N) is 1. The number of aryl methyl sites for hydroxylation is 1. The molecule has 7 heteroatoms. The summed E-state index contributed by atoms with van der Waals surface area (Å²) in [5.74, 6) is -0.228. The van der Waals surface area contributed by atoms with Crippen LogP contribution in [0.3, 0.4) is 0 Å². The number of aromatic nitrogens is 2. The molecule has 7 nitrogen and oxygen atoms in total. The highest BCUT2D eigenvalue weighted by atomic mass is 16.3. The van der Waals surface area contributed by atoms with Gasteiger partial charge in [-0.1, -0.05) is 0 Å². The number of aliphatic hydroxyl groups excluding tert-OH is 3. The van der Waals surface area contributed by atoms with Gasteiger partial charge in [-0.05, 0) is 31.6 Å². The monoisotopic (exact) mass is 296 g/mol. The predicted molar refractivity (Wildman–Crippen MR) is 73.9 cm³/mol. The zero-order chi connectivity index (χ0) is 15.4. The van der Waals surface area contributed by atoms with Crippen LogP contribution < -0.4 is 11.2 Å².